The molecular weight excluding hydrogens is 212 g/mol. The third-order valence-electron chi connectivity index (χ3n) is 3.36. The number of amides is 1. The standard InChI is InChI=1S/C14H16N2O/c1-2-10(8-15)14(17)16-9-12-7-11-5-3-4-6-13(11)12/h3-6,10,12H,2,7,9H2,1H3,(H,16,17). The molecule has 0 saturated carbocycles. The van der Waals surface area contributed by atoms with Crippen LogP contribution in [0.4, 0.5) is 0 Å². The first-order valence-electron chi connectivity index (χ1n) is 6.01. The van der Waals surface area contributed by atoms with Crippen LogP contribution in [0, 0.1) is 17.2 Å². The lowest BCUT2D eigenvalue weighted by Crippen LogP contribution is -2.36. The molecule has 2 atom stereocenters. The quantitative estimate of drug-likeness (QED) is 0.856. The molecule has 88 valence electrons. The minimum Gasteiger partial charge on any atom is -0.354 e. The lowest BCUT2D eigenvalue weighted by Gasteiger charge is -2.30. The van der Waals surface area contributed by atoms with Crippen LogP contribution in [0.5, 0.6) is 0 Å². The first-order valence-corrected chi connectivity index (χ1v) is 6.01. The highest BCUT2D eigenvalue weighted by Gasteiger charge is 2.26. The van der Waals surface area contributed by atoms with Crippen molar-refractivity contribution in [3.63, 3.8) is 0 Å². The van der Waals surface area contributed by atoms with Crippen molar-refractivity contribution in [2.24, 2.45) is 5.92 Å². The lowest BCUT2D eigenvalue weighted by atomic mass is 9.77. The molecule has 0 saturated heterocycles. The van der Waals surface area contributed by atoms with Crippen LogP contribution in [0.2, 0.25) is 0 Å². The van der Waals surface area contributed by atoms with Crippen molar-refractivity contribution in [2.75, 3.05) is 6.54 Å². The summed E-state index contributed by atoms with van der Waals surface area (Å²) in [6, 6.07) is 10.3. The monoisotopic (exact) mass is 228 g/mol. The third-order valence-corrected chi connectivity index (χ3v) is 3.36. The number of rotatable bonds is 4. The van der Waals surface area contributed by atoms with E-state index in [0.717, 1.165) is 6.42 Å². The fourth-order valence-corrected chi connectivity index (χ4v) is 2.23. The molecule has 3 nitrogen and oxygen atoms in total. The van der Waals surface area contributed by atoms with Crippen LogP contribution < -0.4 is 5.32 Å². The average Bonchev–Trinajstić information content (AvgIpc) is 2.32. The van der Waals surface area contributed by atoms with Crippen LogP contribution in [0.15, 0.2) is 24.3 Å². The number of carbonyl (C=O) groups is 1. The van der Waals surface area contributed by atoms with Gasteiger partial charge in [-0.2, -0.15) is 5.26 Å². The molecule has 0 aliphatic heterocycles. The van der Waals surface area contributed by atoms with Crippen molar-refractivity contribution < 1.29 is 4.79 Å². The molecule has 0 heterocycles. The van der Waals surface area contributed by atoms with Gasteiger partial charge in [-0.1, -0.05) is 31.2 Å². The van der Waals surface area contributed by atoms with Crippen molar-refractivity contribution in [2.45, 2.75) is 25.7 Å². The van der Waals surface area contributed by atoms with Gasteiger partial charge in [0.2, 0.25) is 5.91 Å². The summed E-state index contributed by atoms with van der Waals surface area (Å²) in [7, 11) is 0. The minimum absolute atomic E-state index is 0.139. The molecule has 2 rings (SSSR count). The van der Waals surface area contributed by atoms with Crippen LogP contribution in [0.1, 0.15) is 30.4 Å². The fourth-order valence-electron chi connectivity index (χ4n) is 2.23. The summed E-state index contributed by atoms with van der Waals surface area (Å²) in [4.78, 5) is 11.6. The average molecular weight is 228 g/mol. The zero-order valence-corrected chi connectivity index (χ0v) is 9.94. The summed E-state index contributed by atoms with van der Waals surface area (Å²) in [5.74, 6) is -0.226. The molecule has 1 aliphatic rings. The van der Waals surface area contributed by atoms with E-state index >= 15 is 0 Å². The number of nitrogens with zero attached hydrogens (tertiary/aromatic N) is 1. The molecule has 1 aromatic rings. The van der Waals surface area contributed by atoms with E-state index in [1.807, 2.05) is 25.1 Å². The predicted molar refractivity (Wildman–Crippen MR) is 65.3 cm³/mol. The van der Waals surface area contributed by atoms with Crippen molar-refractivity contribution >= 4 is 5.91 Å². The number of carbonyl (C=O) groups excluding carboxylic acids is 1. The third kappa shape index (κ3) is 2.31. The Kier molecular flexibility index (Phi) is 3.43. The molecule has 0 fully saturated rings. The van der Waals surface area contributed by atoms with E-state index in [1.54, 1.807) is 0 Å². The lowest BCUT2D eigenvalue weighted by molar-refractivity contribution is -0.123. The van der Waals surface area contributed by atoms with Gasteiger partial charge in [-0.05, 0) is 24.0 Å². The van der Waals surface area contributed by atoms with Crippen LogP contribution in [-0.4, -0.2) is 12.5 Å². The van der Waals surface area contributed by atoms with E-state index in [0.29, 0.717) is 18.9 Å². The summed E-state index contributed by atoms with van der Waals surface area (Å²) < 4.78 is 0. The van der Waals surface area contributed by atoms with Crippen LogP contribution in [-0.2, 0) is 11.2 Å². The molecule has 3 heteroatoms. The highest BCUT2D eigenvalue weighted by atomic mass is 16.1. The van der Waals surface area contributed by atoms with Gasteiger partial charge < -0.3 is 5.32 Å². The Labute approximate surface area is 101 Å². The number of hydrogen-bond acceptors (Lipinski definition) is 2. The topological polar surface area (TPSA) is 52.9 Å². The second-order valence-electron chi connectivity index (χ2n) is 4.43. The van der Waals surface area contributed by atoms with Crippen LogP contribution in [0.25, 0.3) is 0 Å². The van der Waals surface area contributed by atoms with Gasteiger partial charge in [-0.25, -0.2) is 0 Å². The van der Waals surface area contributed by atoms with Gasteiger partial charge in [0.05, 0.1) is 6.07 Å². The molecule has 0 spiro atoms. The molecule has 1 aliphatic carbocycles. The molecule has 0 aromatic heterocycles. The van der Waals surface area contributed by atoms with Gasteiger partial charge in [0.15, 0.2) is 0 Å². The largest absolute Gasteiger partial charge is 0.354 e. The van der Waals surface area contributed by atoms with Gasteiger partial charge >= 0.3 is 0 Å². The summed E-state index contributed by atoms with van der Waals surface area (Å²) in [5, 5.41) is 11.6. The molecule has 1 aromatic carbocycles. The minimum atomic E-state index is -0.509. The molecule has 0 bridgehead atoms. The Morgan fingerprint density at radius 1 is 1.59 bits per heavy atom. The van der Waals surface area contributed by atoms with Gasteiger partial charge in [-0.15, -0.1) is 0 Å². The number of hydrogen-bond donors (Lipinski definition) is 1. The fraction of sp³-hybridized carbons (Fsp3) is 0.429. The van der Waals surface area contributed by atoms with Gasteiger partial charge in [0, 0.05) is 12.5 Å². The van der Waals surface area contributed by atoms with E-state index in [2.05, 4.69) is 17.4 Å². The highest BCUT2D eigenvalue weighted by Crippen LogP contribution is 2.33. The zero-order chi connectivity index (χ0) is 12.3. The van der Waals surface area contributed by atoms with E-state index in [4.69, 9.17) is 5.26 Å². The molecular formula is C14H16N2O. The molecule has 17 heavy (non-hydrogen) atoms. The predicted octanol–water partition coefficient (Wildman–Crippen LogP) is 1.99. The van der Waals surface area contributed by atoms with Crippen molar-refractivity contribution in [1.82, 2.24) is 5.32 Å². The Morgan fingerprint density at radius 3 is 3.00 bits per heavy atom. The molecule has 0 radical (unpaired) electrons. The Morgan fingerprint density at radius 2 is 2.35 bits per heavy atom. The van der Waals surface area contributed by atoms with Gasteiger partial charge in [-0.3, -0.25) is 4.79 Å². The maximum absolute atomic E-state index is 11.6. The zero-order valence-electron chi connectivity index (χ0n) is 9.94. The first-order chi connectivity index (χ1) is 8.26. The molecule has 1 N–H and O–H groups in total. The SMILES string of the molecule is CCC(C#N)C(=O)NCC1Cc2ccccc21. The first kappa shape index (κ1) is 11.7. The normalized spacial score (nSPS) is 18.5. The smallest absolute Gasteiger partial charge is 0.237 e. The van der Waals surface area contributed by atoms with Crippen molar-refractivity contribution in [3.8, 4) is 6.07 Å². The number of nitriles is 1. The van der Waals surface area contributed by atoms with Crippen molar-refractivity contribution in [1.29, 1.82) is 5.26 Å². The second-order valence-corrected chi connectivity index (χ2v) is 4.43. The Bertz CT molecular complexity index is 462. The summed E-state index contributed by atoms with van der Waals surface area (Å²) in [6.07, 6.45) is 1.60. The van der Waals surface area contributed by atoms with Crippen LogP contribution >= 0.6 is 0 Å². The van der Waals surface area contributed by atoms with E-state index in [9.17, 15) is 4.79 Å². The Balaban J connectivity index is 1.86. The van der Waals surface area contributed by atoms with Gasteiger partial charge in [0.25, 0.3) is 0 Å². The maximum Gasteiger partial charge on any atom is 0.237 e. The molecule has 1 amide bonds. The molecule has 2 unspecified atom stereocenters. The Hall–Kier alpha value is -1.82. The number of nitrogens with one attached hydrogen (secondary N) is 1. The van der Waals surface area contributed by atoms with Gasteiger partial charge in [0.1, 0.15) is 5.92 Å². The maximum atomic E-state index is 11.6. The summed E-state index contributed by atoms with van der Waals surface area (Å²) in [5.41, 5.74) is 2.71. The number of fused-ring (bicyclic) bond motifs is 1. The second kappa shape index (κ2) is 5.01. The van der Waals surface area contributed by atoms with E-state index < -0.39 is 5.92 Å². The van der Waals surface area contributed by atoms with E-state index in [-0.39, 0.29) is 5.91 Å². The summed E-state index contributed by atoms with van der Waals surface area (Å²) in [6.45, 7) is 2.50. The number of benzene rings is 1. The summed E-state index contributed by atoms with van der Waals surface area (Å²) >= 11 is 0. The highest BCUT2D eigenvalue weighted by molar-refractivity contribution is 5.81. The van der Waals surface area contributed by atoms with Crippen LogP contribution in [0.3, 0.4) is 0 Å². The van der Waals surface area contributed by atoms with Crippen molar-refractivity contribution in [3.05, 3.63) is 35.4 Å². The van der Waals surface area contributed by atoms with E-state index in [1.165, 1.54) is 11.1 Å².